The van der Waals surface area contributed by atoms with E-state index in [1.54, 1.807) is 5.57 Å². The van der Waals surface area contributed by atoms with Crippen molar-refractivity contribution >= 4 is 0 Å². The molecular weight excluding hydrogens is 516 g/mol. The van der Waals surface area contributed by atoms with Gasteiger partial charge in [-0.15, -0.1) is 0 Å². The van der Waals surface area contributed by atoms with Gasteiger partial charge in [0.15, 0.2) is 6.29 Å². The number of hydrogen-bond acceptors (Lipinski definition) is 6. The molecule has 0 bridgehead atoms. The molecule has 4 aliphatic carbocycles. The number of hydrogen-bond donors (Lipinski definition) is 4. The molecule has 0 unspecified atom stereocenters. The second kappa shape index (κ2) is 12.2. The summed E-state index contributed by atoms with van der Waals surface area (Å²) in [4.78, 5) is 0. The van der Waals surface area contributed by atoms with Crippen molar-refractivity contribution in [2.24, 2.45) is 46.3 Å². The van der Waals surface area contributed by atoms with Gasteiger partial charge in [0.05, 0.1) is 12.7 Å². The van der Waals surface area contributed by atoms with E-state index in [1.807, 2.05) is 0 Å². The SMILES string of the molecule is CC[C@H](/C=C/[C@@H](C)[C@H]1CC[C@H]2C3=CC=C4C[C@@H](O[C@@H]5O[C@H](CO)[C@@H](O)[C@H](O)[C@H]5O)CC[C@]4(C)[C@H]3CC[C@]12C)C(C)C. The molecule has 0 aromatic carbocycles. The quantitative estimate of drug-likeness (QED) is 0.285. The molecule has 6 heteroatoms. The third-order valence-electron chi connectivity index (χ3n) is 12.4. The van der Waals surface area contributed by atoms with E-state index in [2.05, 4.69) is 65.8 Å². The van der Waals surface area contributed by atoms with Crippen LogP contribution < -0.4 is 0 Å². The summed E-state index contributed by atoms with van der Waals surface area (Å²) in [6, 6.07) is 0. The van der Waals surface area contributed by atoms with E-state index >= 15 is 0 Å². The lowest BCUT2D eigenvalue weighted by molar-refractivity contribution is -0.312. The first kappa shape index (κ1) is 31.4. The zero-order chi connectivity index (χ0) is 29.7. The number of fused-ring (bicyclic) bond motifs is 5. The van der Waals surface area contributed by atoms with Crippen LogP contribution in [0.2, 0.25) is 0 Å². The molecule has 0 spiro atoms. The van der Waals surface area contributed by atoms with Crippen molar-refractivity contribution in [3.05, 3.63) is 35.5 Å². The Balaban J connectivity index is 1.29. The molecule has 5 aliphatic rings. The molecule has 41 heavy (non-hydrogen) atoms. The van der Waals surface area contributed by atoms with E-state index in [-0.39, 0.29) is 11.5 Å². The predicted molar refractivity (Wildman–Crippen MR) is 161 cm³/mol. The molecule has 5 rings (SSSR count). The van der Waals surface area contributed by atoms with Gasteiger partial charge in [0, 0.05) is 0 Å². The standard InChI is InChI=1S/C35H56O6/c1-7-22(20(2)3)9-8-21(4)26-12-13-27-25-11-10-23-18-24(14-16-34(23,5)28(25)15-17-35(26,27)6)40-33-32(39)31(38)30(37)29(19-36)41-33/h8-11,20-22,24,26-33,36-39H,7,12-19H2,1-6H3/b9-8+/t21-,22-,24+,26-,27+,28+,29-,30-,31+,32-,33-,34+,35-/m1/s1. The lowest BCUT2D eigenvalue weighted by Crippen LogP contribution is -2.60. The summed E-state index contributed by atoms with van der Waals surface area (Å²) in [6.45, 7) is 14.0. The summed E-state index contributed by atoms with van der Waals surface area (Å²) >= 11 is 0. The van der Waals surface area contributed by atoms with Crippen LogP contribution in [0.1, 0.15) is 92.9 Å². The zero-order valence-electron chi connectivity index (χ0n) is 26.2. The Hall–Kier alpha value is -1.02. The van der Waals surface area contributed by atoms with E-state index < -0.39 is 37.3 Å². The van der Waals surface area contributed by atoms with Crippen LogP contribution in [-0.2, 0) is 9.47 Å². The molecule has 13 atom stereocenters. The zero-order valence-corrected chi connectivity index (χ0v) is 26.2. The van der Waals surface area contributed by atoms with Crippen LogP contribution in [0.25, 0.3) is 0 Å². The predicted octanol–water partition coefficient (Wildman–Crippen LogP) is 5.55. The summed E-state index contributed by atoms with van der Waals surface area (Å²) in [6.07, 6.45) is 12.6. The second-order valence-corrected chi connectivity index (χ2v) is 14.9. The van der Waals surface area contributed by atoms with Crippen molar-refractivity contribution in [3.63, 3.8) is 0 Å². The lowest BCUT2D eigenvalue weighted by Gasteiger charge is -2.55. The molecule has 4 fully saturated rings. The molecule has 0 amide bonds. The van der Waals surface area contributed by atoms with E-state index in [4.69, 9.17) is 9.47 Å². The summed E-state index contributed by atoms with van der Waals surface area (Å²) in [5.41, 5.74) is 3.58. The van der Waals surface area contributed by atoms with Crippen molar-refractivity contribution in [1.82, 2.24) is 0 Å². The number of aliphatic hydroxyl groups is 4. The van der Waals surface area contributed by atoms with Crippen molar-refractivity contribution < 1.29 is 29.9 Å². The Kier molecular flexibility index (Phi) is 9.32. The Morgan fingerprint density at radius 3 is 2.39 bits per heavy atom. The monoisotopic (exact) mass is 572 g/mol. The summed E-state index contributed by atoms with van der Waals surface area (Å²) < 4.78 is 11.8. The van der Waals surface area contributed by atoms with E-state index in [9.17, 15) is 20.4 Å². The molecule has 1 heterocycles. The average Bonchev–Trinajstić information content (AvgIpc) is 3.30. The first-order valence-corrected chi connectivity index (χ1v) is 16.5. The molecule has 4 N–H and O–H groups in total. The van der Waals surface area contributed by atoms with Crippen LogP contribution in [0.5, 0.6) is 0 Å². The van der Waals surface area contributed by atoms with Crippen molar-refractivity contribution in [1.29, 1.82) is 0 Å². The first-order valence-electron chi connectivity index (χ1n) is 16.5. The highest BCUT2D eigenvalue weighted by Gasteiger charge is 2.57. The molecule has 1 saturated heterocycles. The smallest absolute Gasteiger partial charge is 0.186 e. The van der Waals surface area contributed by atoms with Gasteiger partial charge < -0.3 is 29.9 Å². The van der Waals surface area contributed by atoms with E-state index in [0.29, 0.717) is 35.0 Å². The number of rotatable bonds is 8. The van der Waals surface area contributed by atoms with Gasteiger partial charge in [-0.1, -0.05) is 77.0 Å². The molecule has 0 aromatic rings. The van der Waals surface area contributed by atoms with Crippen molar-refractivity contribution in [3.8, 4) is 0 Å². The Bertz CT molecular complexity index is 1020. The third kappa shape index (κ3) is 5.55. The molecule has 232 valence electrons. The fourth-order valence-electron chi connectivity index (χ4n) is 9.64. The van der Waals surface area contributed by atoms with E-state index in [0.717, 1.165) is 25.2 Å². The molecule has 0 aromatic heterocycles. The van der Waals surface area contributed by atoms with Gasteiger partial charge in [0.2, 0.25) is 0 Å². The Morgan fingerprint density at radius 1 is 0.951 bits per heavy atom. The molecule has 6 nitrogen and oxygen atoms in total. The van der Waals surface area contributed by atoms with Crippen LogP contribution in [0.15, 0.2) is 35.5 Å². The van der Waals surface area contributed by atoms with Gasteiger partial charge in [0.25, 0.3) is 0 Å². The number of ether oxygens (including phenoxy) is 2. The van der Waals surface area contributed by atoms with Gasteiger partial charge in [-0.3, -0.25) is 0 Å². The summed E-state index contributed by atoms with van der Waals surface area (Å²) in [5.74, 6) is 3.93. The Morgan fingerprint density at radius 2 is 1.71 bits per heavy atom. The highest BCUT2D eigenvalue weighted by Crippen LogP contribution is 2.66. The molecular formula is C35H56O6. The van der Waals surface area contributed by atoms with Gasteiger partial charge in [-0.25, -0.2) is 0 Å². The van der Waals surface area contributed by atoms with Crippen LogP contribution in [-0.4, -0.2) is 63.8 Å². The van der Waals surface area contributed by atoms with Crippen molar-refractivity contribution in [2.75, 3.05) is 6.61 Å². The third-order valence-corrected chi connectivity index (χ3v) is 12.4. The Labute approximate surface area is 247 Å². The second-order valence-electron chi connectivity index (χ2n) is 14.9. The maximum atomic E-state index is 10.5. The highest BCUT2D eigenvalue weighted by molar-refractivity contribution is 5.39. The van der Waals surface area contributed by atoms with Crippen LogP contribution in [0, 0.1) is 46.3 Å². The minimum Gasteiger partial charge on any atom is -0.394 e. The average molecular weight is 573 g/mol. The van der Waals surface area contributed by atoms with Crippen molar-refractivity contribution in [2.45, 2.75) is 130 Å². The first-order chi connectivity index (χ1) is 19.4. The number of aliphatic hydroxyl groups excluding tert-OH is 4. The topological polar surface area (TPSA) is 99.4 Å². The fraction of sp³-hybridized carbons (Fsp3) is 0.829. The van der Waals surface area contributed by atoms with Crippen LogP contribution in [0.3, 0.4) is 0 Å². The van der Waals surface area contributed by atoms with Crippen LogP contribution >= 0.6 is 0 Å². The maximum Gasteiger partial charge on any atom is 0.186 e. The van der Waals surface area contributed by atoms with Crippen LogP contribution in [0.4, 0.5) is 0 Å². The van der Waals surface area contributed by atoms with Gasteiger partial charge in [0.1, 0.15) is 24.4 Å². The fourth-order valence-corrected chi connectivity index (χ4v) is 9.64. The van der Waals surface area contributed by atoms with Gasteiger partial charge in [-0.2, -0.15) is 0 Å². The molecule has 3 saturated carbocycles. The number of allylic oxidation sites excluding steroid dienone is 5. The maximum absolute atomic E-state index is 10.5. The lowest BCUT2D eigenvalue weighted by atomic mass is 9.50. The molecule has 1 aliphatic heterocycles. The van der Waals surface area contributed by atoms with Gasteiger partial charge in [-0.05, 0) is 97.7 Å². The summed E-state index contributed by atoms with van der Waals surface area (Å²) in [5, 5.41) is 40.3. The van der Waals surface area contributed by atoms with E-state index in [1.165, 1.54) is 37.7 Å². The minimum absolute atomic E-state index is 0.121. The highest BCUT2D eigenvalue weighted by atomic mass is 16.7. The summed E-state index contributed by atoms with van der Waals surface area (Å²) in [7, 11) is 0. The largest absolute Gasteiger partial charge is 0.394 e. The normalized spacial score (nSPS) is 46.0. The van der Waals surface area contributed by atoms with Gasteiger partial charge >= 0.3 is 0 Å². The molecule has 0 radical (unpaired) electrons. The minimum atomic E-state index is -1.41.